The lowest BCUT2D eigenvalue weighted by molar-refractivity contribution is -0.136. The van der Waals surface area contributed by atoms with E-state index in [9.17, 15) is 14.4 Å². The minimum Gasteiger partial charge on any atom is -0.322 e. The first kappa shape index (κ1) is 12.9. The summed E-state index contributed by atoms with van der Waals surface area (Å²) in [6.07, 6.45) is 1.61. The number of piperidine rings is 1. The Morgan fingerprint density at radius 2 is 2.10 bits per heavy atom. The van der Waals surface area contributed by atoms with Crippen LogP contribution in [0.25, 0.3) is 0 Å². The summed E-state index contributed by atoms with van der Waals surface area (Å²) in [5, 5.41) is 2.30. The first-order valence-corrected chi connectivity index (χ1v) is 6.86. The third kappa shape index (κ3) is 2.01. The number of hydrogen-bond donors (Lipinski definition) is 1. The number of nitrogens with one attached hydrogen (secondary N) is 1. The molecule has 1 aromatic rings. The van der Waals surface area contributed by atoms with Crippen molar-refractivity contribution in [3.63, 3.8) is 0 Å². The van der Waals surface area contributed by atoms with Crippen molar-refractivity contribution in [1.82, 2.24) is 10.2 Å². The Kier molecular flexibility index (Phi) is 3.08. The van der Waals surface area contributed by atoms with Crippen LogP contribution in [0.3, 0.4) is 0 Å². The largest absolute Gasteiger partial charge is 0.322 e. The van der Waals surface area contributed by atoms with E-state index in [-0.39, 0.29) is 24.1 Å². The number of carbonyl (C=O) groups excluding carboxylic acids is 3. The van der Waals surface area contributed by atoms with Crippen molar-refractivity contribution in [2.24, 2.45) is 0 Å². The molecule has 0 aromatic heterocycles. The van der Waals surface area contributed by atoms with Gasteiger partial charge in [0.15, 0.2) is 0 Å². The first-order chi connectivity index (χ1) is 9.60. The summed E-state index contributed by atoms with van der Waals surface area (Å²) in [6, 6.07) is 5.28. The Balaban J connectivity index is 1.86. The third-order valence-corrected chi connectivity index (χ3v) is 4.00. The smallest absolute Gasteiger partial charge is 0.255 e. The quantitative estimate of drug-likeness (QED) is 0.586. The van der Waals surface area contributed by atoms with Gasteiger partial charge >= 0.3 is 0 Å². The fourth-order valence-electron chi connectivity index (χ4n) is 2.85. The summed E-state index contributed by atoms with van der Waals surface area (Å²) < 4.78 is 0. The van der Waals surface area contributed by atoms with E-state index in [0.717, 1.165) is 11.9 Å². The van der Waals surface area contributed by atoms with E-state index >= 15 is 0 Å². The van der Waals surface area contributed by atoms with E-state index in [1.54, 1.807) is 4.90 Å². The van der Waals surface area contributed by atoms with Crippen molar-refractivity contribution in [2.45, 2.75) is 31.7 Å². The van der Waals surface area contributed by atoms with Gasteiger partial charge in [0.25, 0.3) is 5.91 Å². The summed E-state index contributed by atoms with van der Waals surface area (Å²) in [5.41, 5.74) is 2.83. The molecule has 1 aromatic carbocycles. The fraction of sp³-hybridized carbons (Fsp3) is 0.357. The lowest BCUT2D eigenvalue weighted by atomic mass is 9.94. The molecule has 2 aliphatic rings. The number of amides is 3. The molecule has 2 aliphatic heterocycles. The molecule has 3 rings (SSSR count). The van der Waals surface area contributed by atoms with Crippen LogP contribution in [0.15, 0.2) is 18.2 Å². The van der Waals surface area contributed by atoms with Crippen molar-refractivity contribution in [3.05, 3.63) is 34.9 Å². The van der Waals surface area contributed by atoms with Gasteiger partial charge in [-0.2, -0.15) is 0 Å². The zero-order valence-corrected chi connectivity index (χ0v) is 11.3. The molecule has 6 heteroatoms. The van der Waals surface area contributed by atoms with Gasteiger partial charge in [-0.1, -0.05) is 24.0 Å². The Morgan fingerprint density at radius 1 is 1.30 bits per heavy atom. The Labute approximate surface area is 117 Å². The molecular weight excluding hydrogens is 255 g/mol. The van der Waals surface area contributed by atoms with Crippen LogP contribution in [0.5, 0.6) is 0 Å². The molecule has 0 bridgehead atoms. The minimum atomic E-state index is -0.530. The summed E-state index contributed by atoms with van der Waals surface area (Å²) in [6.45, 7) is 0.453. The molecule has 1 unspecified atom stereocenters. The highest BCUT2D eigenvalue weighted by atomic mass is 16.2. The number of imide groups is 1. The van der Waals surface area contributed by atoms with Crippen molar-refractivity contribution < 1.29 is 14.4 Å². The molecule has 1 fully saturated rings. The standard InChI is InChI=1S/C14H15BN2O3/c15-6-8-1-2-10-9(5-8)7-17(14(10)20)11-3-4-12(18)16-13(11)19/h1-2,5,11H,3-4,6-7,15H2,(H,16,18,19). The van der Waals surface area contributed by atoms with Gasteiger partial charge in [0.2, 0.25) is 11.8 Å². The molecular formula is C14H15BN2O3. The number of nitrogens with zero attached hydrogens (tertiary/aromatic N) is 1. The maximum absolute atomic E-state index is 12.4. The van der Waals surface area contributed by atoms with Crippen LogP contribution in [0, 0.1) is 0 Å². The van der Waals surface area contributed by atoms with Crippen LogP contribution in [0.1, 0.15) is 34.3 Å². The number of rotatable bonds is 2. The van der Waals surface area contributed by atoms with Gasteiger partial charge in [0.05, 0.1) is 0 Å². The topological polar surface area (TPSA) is 66.5 Å². The van der Waals surface area contributed by atoms with E-state index in [4.69, 9.17) is 0 Å². The predicted octanol–water partition coefficient (Wildman–Crippen LogP) is -0.419. The molecule has 20 heavy (non-hydrogen) atoms. The van der Waals surface area contributed by atoms with E-state index in [1.165, 1.54) is 5.56 Å². The fourth-order valence-corrected chi connectivity index (χ4v) is 2.85. The molecule has 102 valence electrons. The van der Waals surface area contributed by atoms with Gasteiger partial charge < -0.3 is 4.90 Å². The van der Waals surface area contributed by atoms with E-state index in [2.05, 4.69) is 13.2 Å². The number of carbonyl (C=O) groups is 3. The van der Waals surface area contributed by atoms with Gasteiger partial charge in [0.1, 0.15) is 13.9 Å². The second-order valence-corrected chi connectivity index (χ2v) is 5.25. The van der Waals surface area contributed by atoms with Crippen LogP contribution in [-0.2, 0) is 22.5 Å². The molecule has 0 saturated carbocycles. The second kappa shape index (κ2) is 4.78. The molecule has 5 nitrogen and oxygen atoms in total. The van der Waals surface area contributed by atoms with Crippen molar-refractivity contribution in [1.29, 1.82) is 0 Å². The van der Waals surface area contributed by atoms with Gasteiger partial charge in [-0.3, -0.25) is 19.7 Å². The van der Waals surface area contributed by atoms with Gasteiger partial charge in [-0.25, -0.2) is 0 Å². The predicted molar refractivity (Wildman–Crippen MR) is 74.7 cm³/mol. The van der Waals surface area contributed by atoms with Crippen LogP contribution < -0.4 is 5.32 Å². The van der Waals surface area contributed by atoms with Crippen LogP contribution >= 0.6 is 0 Å². The summed E-state index contributed by atoms with van der Waals surface area (Å²) in [4.78, 5) is 37.0. The highest BCUT2D eigenvalue weighted by Gasteiger charge is 2.38. The zero-order valence-electron chi connectivity index (χ0n) is 11.3. The maximum Gasteiger partial charge on any atom is 0.255 e. The number of hydrogen-bond acceptors (Lipinski definition) is 3. The molecule has 0 radical (unpaired) electrons. The Morgan fingerprint density at radius 3 is 2.80 bits per heavy atom. The monoisotopic (exact) mass is 270 g/mol. The summed E-state index contributed by atoms with van der Waals surface area (Å²) >= 11 is 0. The Hall–Kier alpha value is -2.11. The molecule has 1 atom stereocenters. The van der Waals surface area contributed by atoms with Crippen molar-refractivity contribution in [3.8, 4) is 0 Å². The normalized spacial score (nSPS) is 21.9. The zero-order chi connectivity index (χ0) is 14.3. The SMILES string of the molecule is BCc1ccc2c(c1)CN(C1CCC(=O)NC1=O)C2=O. The molecule has 1 N–H and O–H groups in total. The third-order valence-electron chi connectivity index (χ3n) is 4.00. The highest BCUT2D eigenvalue weighted by molar-refractivity contribution is 6.08. The summed E-state index contributed by atoms with van der Waals surface area (Å²) in [5.74, 6) is -0.737. The molecule has 2 heterocycles. The van der Waals surface area contributed by atoms with Crippen LogP contribution in [0.4, 0.5) is 0 Å². The van der Waals surface area contributed by atoms with Gasteiger partial charge in [-0.05, 0) is 18.1 Å². The average Bonchev–Trinajstić information content (AvgIpc) is 2.75. The Bertz CT molecular complexity index is 614. The van der Waals surface area contributed by atoms with Crippen molar-refractivity contribution in [2.75, 3.05) is 0 Å². The maximum atomic E-state index is 12.4. The lowest BCUT2D eigenvalue weighted by Gasteiger charge is -2.29. The number of fused-ring (bicyclic) bond motifs is 1. The average molecular weight is 270 g/mol. The second-order valence-electron chi connectivity index (χ2n) is 5.25. The molecule has 0 aliphatic carbocycles. The van der Waals surface area contributed by atoms with E-state index in [1.807, 2.05) is 18.2 Å². The molecule has 3 amide bonds. The first-order valence-electron chi connectivity index (χ1n) is 6.86. The summed E-state index contributed by atoms with van der Waals surface area (Å²) in [7, 11) is 2.07. The van der Waals surface area contributed by atoms with Crippen LogP contribution in [-0.4, -0.2) is 36.5 Å². The van der Waals surface area contributed by atoms with Gasteiger partial charge in [0, 0.05) is 18.5 Å². The van der Waals surface area contributed by atoms with Gasteiger partial charge in [-0.15, -0.1) is 0 Å². The lowest BCUT2D eigenvalue weighted by Crippen LogP contribution is -2.52. The van der Waals surface area contributed by atoms with Crippen LogP contribution in [0.2, 0.25) is 0 Å². The number of benzene rings is 1. The highest BCUT2D eigenvalue weighted by Crippen LogP contribution is 2.28. The van der Waals surface area contributed by atoms with E-state index in [0.29, 0.717) is 18.5 Å². The van der Waals surface area contributed by atoms with E-state index < -0.39 is 6.04 Å². The molecule has 0 spiro atoms. The molecule has 1 saturated heterocycles. The van der Waals surface area contributed by atoms with Crippen molar-refractivity contribution >= 4 is 25.6 Å². The minimum absolute atomic E-state index is 0.114.